The van der Waals surface area contributed by atoms with Crippen molar-refractivity contribution < 1.29 is 9.84 Å². The summed E-state index contributed by atoms with van der Waals surface area (Å²) in [5.41, 5.74) is 1.97. The molecule has 2 heterocycles. The lowest BCUT2D eigenvalue weighted by atomic mass is 10.0. The van der Waals surface area contributed by atoms with Crippen LogP contribution in [0.5, 0.6) is 5.75 Å². The molecule has 146 valence electrons. The highest BCUT2D eigenvalue weighted by molar-refractivity contribution is 6.32. The summed E-state index contributed by atoms with van der Waals surface area (Å²) in [6, 6.07) is 9.87. The van der Waals surface area contributed by atoms with Gasteiger partial charge in [0, 0.05) is 25.7 Å². The molecule has 0 spiro atoms. The number of aliphatic hydroxyl groups excluding tert-OH is 1. The van der Waals surface area contributed by atoms with E-state index in [9.17, 15) is 5.11 Å². The first kappa shape index (κ1) is 20.2. The van der Waals surface area contributed by atoms with Crippen molar-refractivity contribution in [3.8, 4) is 5.75 Å². The van der Waals surface area contributed by atoms with Crippen LogP contribution in [0.2, 0.25) is 10.2 Å². The van der Waals surface area contributed by atoms with Crippen LogP contribution in [-0.2, 0) is 13.2 Å². The molecule has 0 amide bonds. The second kappa shape index (κ2) is 9.60. The van der Waals surface area contributed by atoms with E-state index in [-0.39, 0.29) is 6.61 Å². The maximum Gasteiger partial charge on any atom is 0.138 e. The molecule has 0 unspecified atom stereocenters. The predicted molar refractivity (Wildman–Crippen MR) is 110 cm³/mol. The van der Waals surface area contributed by atoms with E-state index in [4.69, 9.17) is 27.9 Å². The molecule has 5 nitrogen and oxygen atoms in total. The molecule has 2 N–H and O–H groups in total. The van der Waals surface area contributed by atoms with E-state index in [0.717, 1.165) is 49.6 Å². The Morgan fingerprint density at radius 3 is 2.67 bits per heavy atom. The zero-order chi connectivity index (χ0) is 19.2. The number of piperidine rings is 1. The summed E-state index contributed by atoms with van der Waals surface area (Å²) in [4.78, 5) is 6.73. The van der Waals surface area contributed by atoms with Gasteiger partial charge in [0.05, 0.1) is 18.2 Å². The lowest BCUT2D eigenvalue weighted by Crippen LogP contribution is -2.38. The van der Waals surface area contributed by atoms with Crippen molar-refractivity contribution in [2.45, 2.75) is 39.0 Å². The largest absolute Gasteiger partial charge is 0.492 e. The van der Waals surface area contributed by atoms with Crippen molar-refractivity contribution in [1.82, 2.24) is 9.88 Å². The summed E-state index contributed by atoms with van der Waals surface area (Å²) < 4.78 is 5.58. The molecule has 0 saturated carbocycles. The molecule has 2 aromatic rings. The summed E-state index contributed by atoms with van der Waals surface area (Å²) in [5.74, 6) is 1.48. The molecule has 0 atom stereocenters. The van der Waals surface area contributed by atoms with Crippen molar-refractivity contribution in [2.75, 3.05) is 25.0 Å². The number of aromatic nitrogens is 1. The highest BCUT2D eigenvalue weighted by atomic mass is 35.5. The van der Waals surface area contributed by atoms with Crippen LogP contribution in [0.4, 0.5) is 5.82 Å². The van der Waals surface area contributed by atoms with E-state index < -0.39 is 0 Å². The monoisotopic (exact) mass is 409 g/mol. The van der Waals surface area contributed by atoms with Crippen LogP contribution in [0.15, 0.2) is 30.3 Å². The maximum absolute atomic E-state index is 9.30. The van der Waals surface area contributed by atoms with Crippen LogP contribution in [-0.4, -0.2) is 40.7 Å². The molecule has 1 aromatic heterocycles. The topological polar surface area (TPSA) is 57.6 Å². The van der Waals surface area contributed by atoms with Crippen molar-refractivity contribution >= 4 is 29.0 Å². The van der Waals surface area contributed by atoms with E-state index in [1.807, 2.05) is 25.1 Å². The van der Waals surface area contributed by atoms with Crippen molar-refractivity contribution in [3.05, 3.63) is 51.6 Å². The standard InChI is InChI=1S/C20H25Cl2N3O2/c1-2-27-18-9-14(3-4-17(18)21)12-25-7-5-16(6-8-25)23-20-11-15(13-26)10-19(22)24-20/h3-4,9-11,16,26H,2,5-8,12-13H2,1H3,(H,23,24). The molecule has 3 rings (SSSR count). The quantitative estimate of drug-likeness (QED) is 0.665. The van der Waals surface area contributed by atoms with Gasteiger partial charge in [0.1, 0.15) is 16.7 Å². The van der Waals surface area contributed by atoms with Crippen LogP contribution >= 0.6 is 23.2 Å². The van der Waals surface area contributed by atoms with Gasteiger partial charge in [-0.05, 0) is 55.2 Å². The third kappa shape index (κ3) is 5.72. The number of halogens is 2. The lowest BCUT2D eigenvalue weighted by molar-refractivity contribution is 0.211. The zero-order valence-electron chi connectivity index (χ0n) is 15.4. The molecule has 0 aliphatic carbocycles. The average molecular weight is 410 g/mol. The summed E-state index contributed by atoms with van der Waals surface area (Å²) in [5, 5.41) is 13.8. The third-order valence-electron chi connectivity index (χ3n) is 4.68. The molecule has 0 bridgehead atoms. The molecular weight excluding hydrogens is 385 g/mol. The van der Waals surface area contributed by atoms with Crippen molar-refractivity contribution in [2.24, 2.45) is 0 Å². The number of nitrogens with one attached hydrogen (secondary N) is 1. The Balaban J connectivity index is 1.53. The minimum absolute atomic E-state index is 0.0415. The minimum Gasteiger partial charge on any atom is -0.492 e. The molecule has 1 aliphatic heterocycles. The summed E-state index contributed by atoms with van der Waals surface area (Å²) in [6.45, 7) is 5.40. The lowest BCUT2D eigenvalue weighted by Gasteiger charge is -2.32. The number of rotatable bonds is 7. The Morgan fingerprint density at radius 2 is 1.96 bits per heavy atom. The van der Waals surface area contributed by atoms with E-state index in [1.54, 1.807) is 6.07 Å². The molecule has 7 heteroatoms. The number of nitrogens with zero attached hydrogens (tertiary/aromatic N) is 2. The van der Waals surface area contributed by atoms with Gasteiger partial charge < -0.3 is 15.2 Å². The smallest absolute Gasteiger partial charge is 0.138 e. The Bertz CT molecular complexity index is 765. The number of aliphatic hydroxyl groups is 1. The molecule has 1 aliphatic rings. The minimum atomic E-state index is -0.0415. The van der Waals surface area contributed by atoms with Gasteiger partial charge in [0.15, 0.2) is 0 Å². The Kier molecular flexibility index (Phi) is 7.19. The zero-order valence-corrected chi connectivity index (χ0v) is 16.9. The van der Waals surface area contributed by atoms with Crippen LogP contribution in [0.25, 0.3) is 0 Å². The number of hydrogen-bond acceptors (Lipinski definition) is 5. The van der Waals surface area contributed by atoms with Crippen LogP contribution in [0, 0.1) is 0 Å². The van der Waals surface area contributed by atoms with Gasteiger partial charge in [0.2, 0.25) is 0 Å². The van der Waals surface area contributed by atoms with E-state index >= 15 is 0 Å². The van der Waals surface area contributed by atoms with Crippen LogP contribution < -0.4 is 10.1 Å². The summed E-state index contributed by atoms with van der Waals surface area (Å²) in [6.07, 6.45) is 2.04. The Morgan fingerprint density at radius 1 is 1.19 bits per heavy atom. The normalized spacial score (nSPS) is 15.7. The Labute approximate surface area is 170 Å². The summed E-state index contributed by atoms with van der Waals surface area (Å²) in [7, 11) is 0. The maximum atomic E-state index is 9.30. The van der Waals surface area contributed by atoms with Crippen molar-refractivity contribution in [1.29, 1.82) is 0 Å². The summed E-state index contributed by atoms with van der Waals surface area (Å²) >= 11 is 12.2. The molecule has 0 radical (unpaired) electrons. The number of benzene rings is 1. The highest BCUT2D eigenvalue weighted by Crippen LogP contribution is 2.27. The van der Waals surface area contributed by atoms with Crippen LogP contribution in [0.1, 0.15) is 30.9 Å². The van der Waals surface area contributed by atoms with E-state index in [0.29, 0.717) is 22.8 Å². The molecule has 1 fully saturated rings. The van der Waals surface area contributed by atoms with Gasteiger partial charge in [-0.3, -0.25) is 4.90 Å². The second-order valence-corrected chi connectivity index (χ2v) is 7.53. The van der Waals surface area contributed by atoms with Crippen molar-refractivity contribution in [3.63, 3.8) is 0 Å². The van der Waals surface area contributed by atoms with Gasteiger partial charge in [-0.25, -0.2) is 4.98 Å². The predicted octanol–water partition coefficient (Wildman–Crippen LogP) is 4.36. The molecule has 1 aromatic carbocycles. The highest BCUT2D eigenvalue weighted by Gasteiger charge is 2.20. The fourth-order valence-electron chi connectivity index (χ4n) is 3.33. The van der Waals surface area contributed by atoms with Gasteiger partial charge in [-0.1, -0.05) is 29.3 Å². The first-order valence-electron chi connectivity index (χ1n) is 9.25. The van der Waals surface area contributed by atoms with Gasteiger partial charge in [-0.2, -0.15) is 0 Å². The van der Waals surface area contributed by atoms with Crippen LogP contribution in [0.3, 0.4) is 0 Å². The first-order chi connectivity index (χ1) is 13.1. The number of ether oxygens (including phenoxy) is 1. The number of anilines is 1. The third-order valence-corrected chi connectivity index (χ3v) is 5.18. The first-order valence-corrected chi connectivity index (χ1v) is 10.0. The van der Waals surface area contributed by atoms with Gasteiger partial charge >= 0.3 is 0 Å². The second-order valence-electron chi connectivity index (χ2n) is 6.73. The fraction of sp³-hybridized carbons (Fsp3) is 0.450. The van der Waals surface area contributed by atoms with E-state index in [1.165, 1.54) is 5.56 Å². The Hall–Kier alpha value is -1.53. The molecular formula is C20H25Cl2N3O2. The average Bonchev–Trinajstić information content (AvgIpc) is 2.66. The number of likely N-dealkylation sites (tertiary alicyclic amines) is 1. The van der Waals surface area contributed by atoms with Gasteiger partial charge in [0.25, 0.3) is 0 Å². The fourth-order valence-corrected chi connectivity index (χ4v) is 3.73. The van der Waals surface area contributed by atoms with E-state index in [2.05, 4.69) is 21.3 Å². The number of hydrogen-bond donors (Lipinski definition) is 2. The number of pyridine rings is 1. The SMILES string of the molecule is CCOc1cc(CN2CCC(Nc3cc(CO)cc(Cl)n3)CC2)ccc1Cl. The molecule has 27 heavy (non-hydrogen) atoms. The molecule has 1 saturated heterocycles. The van der Waals surface area contributed by atoms with Gasteiger partial charge in [-0.15, -0.1) is 0 Å².